The first kappa shape index (κ1) is 13.8. The van der Waals surface area contributed by atoms with Gasteiger partial charge in [0, 0.05) is 13.7 Å². The summed E-state index contributed by atoms with van der Waals surface area (Å²) < 4.78 is 4.72. The van der Waals surface area contributed by atoms with Crippen molar-refractivity contribution in [3.05, 3.63) is 0 Å². The summed E-state index contributed by atoms with van der Waals surface area (Å²) in [5.74, 6) is -1.90. The summed E-state index contributed by atoms with van der Waals surface area (Å²) in [7, 11) is 1.48. The minimum atomic E-state index is -1.61. The number of nitrogens with two attached hydrogens (primary N) is 1. The van der Waals surface area contributed by atoms with E-state index in [-0.39, 0.29) is 6.54 Å². The molecular formula is C8H16N2O5. The number of carbonyl (C=O) groups excluding carboxylic acids is 1. The predicted octanol–water partition coefficient (Wildman–Crippen LogP) is -2.09. The van der Waals surface area contributed by atoms with Crippen LogP contribution in [0.2, 0.25) is 0 Å². The van der Waals surface area contributed by atoms with Gasteiger partial charge in [-0.3, -0.25) is 4.79 Å². The van der Waals surface area contributed by atoms with Crippen LogP contribution in [-0.2, 0) is 14.3 Å². The zero-order chi connectivity index (χ0) is 11.8. The van der Waals surface area contributed by atoms with Gasteiger partial charge in [-0.1, -0.05) is 0 Å². The SMILES string of the molecule is COCCC(N)C(=O)NC[C@H](O)C(=O)O. The summed E-state index contributed by atoms with van der Waals surface area (Å²) in [4.78, 5) is 21.4. The number of nitrogens with one attached hydrogen (secondary N) is 1. The first-order chi connectivity index (χ1) is 6.99. The van der Waals surface area contributed by atoms with Crippen molar-refractivity contribution in [1.29, 1.82) is 0 Å². The molecule has 0 heterocycles. The smallest absolute Gasteiger partial charge is 0.334 e. The van der Waals surface area contributed by atoms with Gasteiger partial charge in [0.15, 0.2) is 6.10 Å². The van der Waals surface area contributed by atoms with Crippen LogP contribution in [0, 0.1) is 0 Å². The lowest BCUT2D eigenvalue weighted by Crippen LogP contribution is -2.45. The Morgan fingerprint density at radius 2 is 2.13 bits per heavy atom. The molecule has 15 heavy (non-hydrogen) atoms. The van der Waals surface area contributed by atoms with Gasteiger partial charge in [-0.2, -0.15) is 0 Å². The molecule has 2 atom stereocenters. The molecule has 1 unspecified atom stereocenters. The maximum Gasteiger partial charge on any atom is 0.334 e. The van der Waals surface area contributed by atoms with Crippen LogP contribution in [0.3, 0.4) is 0 Å². The van der Waals surface area contributed by atoms with Crippen LogP contribution >= 0.6 is 0 Å². The number of hydrogen-bond donors (Lipinski definition) is 4. The van der Waals surface area contributed by atoms with Gasteiger partial charge in [-0.05, 0) is 6.42 Å². The van der Waals surface area contributed by atoms with Crippen molar-refractivity contribution in [3.8, 4) is 0 Å². The number of aliphatic hydroxyl groups is 1. The standard InChI is InChI=1S/C8H16N2O5/c1-15-3-2-5(9)7(12)10-4-6(11)8(13)14/h5-6,11H,2-4,9H2,1H3,(H,10,12)(H,13,14)/t5?,6-/m0/s1. The van der Waals surface area contributed by atoms with Crippen LogP contribution in [0.25, 0.3) is 0 Å². The van der Waals surface area contributed by atoms with Gasteiger partial charge in [-0.25, -0.2) is 4.79 Å². The maximum atomic E-state index is 11.2. The quantitative estimate of drug-likeness (QED) is 0.390. The Morgan fingerprint density at radius 1 is 1.53 bits per heavy atom. The number of carbonyl (C=O) groups is 2. The van der Waals surface area contributed by atoms with E-state index < -0.39 is 24.0 Å². The van der Waals surface area contributed by atoms with Crippen molar-refractivity contribution in [3.63, 3.8) is 0 Å². The molecule has 0 saturated heterocycles. The normalized spacial score (nSPS) is 14.3. The van der Waals surface area contributed by atoms with Gasteiger partial charge in [0.2, 0.25) is 5.91 Å². The molecular weight excluding hydrogens is 204 g/mol. The number of hydrogen-bond acceptors (Lipinski definition) is 5. The average Bonchev–Trinajstić information content (AvgIpc) is 2.21. The average molecular weight is 220 g/mol. The molecule has 0 saturated carbocycles. The summed E-state index contributed by atoms with van der Waals surface area (Å²) in [6.07, 6.45) is -1.27. The zero-order valence-corrected chi connectivity index (χ0v) is 8.47. The Bertz CT molecular complexity index is 221. The van der Waals surface area contributed by atoms with Crippen LogP contribution in [0.4, 0.5) is 0 Å². The van der Waals surface area contributed by atoms with Crippen LogP contribution in [0.5, 0.6) is 0 Å². The highest BCUT2D eigenvalue weighted by atomic mass is 16.5. The molecule has 0 aliphatic heterocycles. The molecule has 5 N–H and O–H groups in total. The lowest BCUT2D eigenvalue weighted by molar-refractivity contribution is -0.146. The highest BCUT2D eigenvalue weighted by Gasteiger charge is 2.17. The fourth-order valence-electron chi connectivity index (χ4n) is 0.792. The molecule has 0 aromatic rings. The van der Waals surface area contributed by atoms with Gasteiger partial charge < -0.3 is 26.0 Å². The lowest BCUT2D eigenvalue weighted by Gasteiger charge is -2.12. The van der Waals surface area contributed by atoms with Crippen LogP contribution in [0.1, 0.15) is 6.42 Å². The second kappa shape index (κ2) is 7.16. The number of methoxy groups -OCH3 is 1. The van der Waals surface area contributed by atoms with E-state index in [0.717, 1.165) is 0 Å². The maximum absolute atomic E-state index is 11.2. The summed E-state index contributed by atoms with van der Waals surface area (Å²) in [6.45, 7) is -0.00901. The Hall–Kier alpha value is -1.18. The van der Waals surface area contributed by atoms with Gasteiger partial charge >= 0.3 is 5.97 Å². The van der Waals surface area contributed by atoms with E-state index in [0.29, 0.717) is 13.0 Å². The van der Waals surface area contributed by atoms with E-state index >= 15 is 0 Å². The van der Waals surface area contributed by atoms with Gasteiger partial charge in [0.1, 0.15) is 0 Å². The number of aliphatic hydroxyl groups excluding tert-OH is 1. The predicted molar refractivity (Wildman–Crippen MR) is 51.1 cm³/mol. The fraction of sp³-hybridized carbons (Fsp3) is 0.750. The Labute approximate surface area is 87.2 Å². The Balaban J connectivity index is 3.77. The van der Waals surface area contributed by atoms with Gasteiger partial charge in [0.05, 0.1) is 12.6 Å². The highest BCUT2D eigenvalue weighted by Crippen LogP contribution is 1.89. The summed E-state index contributed by atoms with van der Waals surface area (Å²) in [5, 5.41) is 19.4. The molecule has 0 aliphatic rings. The molecule has 1 amide bonds. The molecule has 0 radical (unpaired) electrons. The number of amides is 1. The summed E-state index contributed by atoms with van der Waals surface area (Å²) >= 11 is 0. The molecule has 0 fully saturated rings. The summed E-state index contributed by atoms with van der Waals surface area (Å²) in [6, 6.07) is -0.758. The Morgan fingerprint density at radius 3 is 2.60 bits per heavy atom. The number of ether oxygens (including phenoxy) is 1. The molecule has 0 spiro atoms. The first-order valence-corrected chi connectivity index (χ1v) is 4.42. The van der Waals surface area contributed by atoms with E-state index in [9.17, 15) is 9.59 Å². The third kappa shape index (κ3) is 6.00. The second-order valence-corrected chi connectivity index (χ2v) is 2.99. The molecule has 7 heteroatoms. The lowest BCUT2D eigenvalue weighted by atomic mass is 10.2. The number of carboxylic acid groups (broad SMARTS) is 1. The molecule has 0 aromatic heterocycles. The zero-order valence-electron chi connectivity index (χ0n) is 8.47. The Kier molecular flexibility index (Phi) is 6.59. The van der Waals surface area contributed by atoms with E-state index in [1.54, 1.807) is 0 Å². The van der Waals surface area contributed by atoms with Gasteiger partial charge in [0.25, 0.3) is 0 Å². The minimum absolute atomic E-state index is 0.339. The van der Waals surface area contributed by atoms with Crippen molar-refractivity contribution in [2.75, 3.05) is 20.3 Å². The van der Waals surface area contributed by atoms with Crippen molar-refractivity contribution >= 4 is 11.9 Å². The largest absolute Gasteiger partial charge is 0.479 e. The molecule has 7 nitrogen and oxygen atoms in total. The van der Waals surface area contributed by atoms with Crippen molar-refractivity contribution in [2.24, 2.45) is 5.73 Å². The third-order valence-corrected chi connectivity index (χ3v) is 1.72. The van der Waals surface area contributed by atoms with Crippen molar-refractivity contribution < 1.29 is 24.5 Å². The molecule has 0 rings (SSSR count). The van der Waals surface area contributed by atoms with Crippen molar-refractivity contribution in [1.82, 2.24) is 5.32 Å². The number of aliphatic carboxylic acids is 1. The van der Waals surface area contributed by atoms with E-state index in [4.69, 9.17) is 20.7 Å². The highest BCUT2D eigenvalue weighted by molar-refractivity contribution is 5.82. The van der Waals surface area contributed by atoms with Crippen LogP contribution in [-0.4, -0.2) is 54.5 Å². The monoisotopic (exact) mass is 220 g/mol. The first-order valence-electron chi connectivity index (χ1n) is 4.42. The van der Waals surface area contributed by atoms with E-state index in [1.807, 2.05) is 0 Å². The van der Waals surface area contributed by atoms with Crippen LogP contribution in [0.15, 0.2) is 0 Å². The van der Waals surface area contributed by atoms with Crippen LogP contribution < -0.4 is 11.1 Å². The fourth-order valence-corrected chi connectivity index (χ4v) is 0.792. The molecule has 0 bridgehead atoms. The minimum Gasteiger partial charge on any atom is -0.479 e. The number of rotatable bonds is 7. The van der Waals surface area contributed by atoms with E-state index in [2.05, 4.69) is 5.32 Å². The molecule has 88 valence electrons. The molecule has 0 aliphatic carbocycles. The topological polar surface area (TPSA) is 122 Å². The second-order valence-electron chi connectivity index (χ2n) is 2.99. The van der Waals surface area contributed by atoms with Gasteiger partial charge in [-0.15, -0.1) is 0 Å². The molecule has 0 aromatic carbocycles. The van der Waals surface area contributed by atoms with Crippen molar-refractivity contribution in [2.45, 2.75) is 18.6 Å². The summed E-state index contributed by atoms with van der Waals surface area (Å²) in [5.41, 5.74) is 5.44. The van der Waals surface area contributed by atoms with E-state index in [1.165, 1.54) is 7.11 Å². The third-order valence-electron chi connectivity index (χ3n) is 1.72. The number of carboxylic acids is 1.